The van der Waals surface area contributed by atoms with E-state index in [4.69, 9.17) is 17.3 Å². The predicted octanol–water partition coefficient (Wildman–Crippen LogP) is 2.03. The molecule has 0 atom stereocenters. The summed E-state index contributed by atoms with van der Waals surface area (Å²) in [7, 11) is 0. The molecule has 0 unspecified atom stereocenters. The average Bonchev–Trinajstić information content (AvgIpc) is 2.32. The molecule has 0 aliphatic carbocycles. The Balaban J connectivity index is 2.71. The van der Waals surface area contributed by atoms with Gasteiger partial charge >= 0.3 is 6.18 Å². The lowest BCUT2D eigenvalue weighted by Crippen LogP contribution is -2.25. The molecule has 2 aromatic rings. The van der Waals surface area contributed by atoms with E-state index in [1.807, 2.05) is 0 Å². The fraction of sp³-hybridized carbons (Fsp3) is 0.273. The van der Waals surface area contributed by atoms with Gasteiger partial charge in [0.05, 0.1) is 16.5 Å². The molecule has 102 valence electrons. The number of nitrogens with zero attached hydrogens (tertiary/aromatic N) is 2. The number of alkyl halides is 3. The second-order valence-corrected chi connectivity index (χ2v) is 4.19. The zero-order valence-corrected chi connectivity index (χ0v) is 10.3. The van der Waals surface area contributed by atoms with Gasteiger partial charge < -0.3 is 5.73 Å². The Hall–Kier alpha value is -1.60. The first-order valence-electron chi connectivity index (χ1n) is 5.32. The molecule has 2 N–H and O–H groups in total. The van der Waals surface area contributed by atoms with Crippen LogP contribution in [0.25, 0.3) is 10.9 Å². The highest BCUT2D eigenvalue weighted by atomic mass is 35.5. The lowest BCUT2D eigenvalue weighted by atomic mass is 10.1. The summed E-state index contributed by atoms with van der Waals surface area (Å²) in [5.74, 6) is 0. The predicted molar refractivity (Wildman–Crippen MR) is 65.1 cm³/mol. The largest absolute Gasteiger partial charge is 0.416 e. The summed E-state index contributed by atoms with van der Waals surface area (Å²) in [5, 5.41) is -0.104. The Morgan fingerprint density at radius 2 is 2.05 bits per heavy atom. The van der Waals surface area contributed by atoms with Crippen LogP contribution in [0.5, 0.6) is 0 Å². The fourth-order valence-corrected chi connectivity index (χ4v) is 1.95. The number of nitrogens with two attached hydrogens (primary N) is 1. The average molecular weight is 292 g/mol. The van der Waals surface area contributed by atoms with Gasteiger partial charge in [-0.15, -0.1) is 0 Å². The Morgan fingerprint density at radius 1 is 1.37 bits per heavy atom. The SMILES string of the molecule is NCCn1c(Cl)nc2cc(C(F)(F)F)ccc2c1=O. The van der Waals surface area contributed by atoms with Gasteiger partial charge in [-0.25, -0.2) is 4.98 Å². The van der Waals surface area contributed by atoms with Crippen LogP contribution in [-0.4, -0.2) is 16.1 Å². The lowest BCUT2D eigenvalue weighted by Gasteiger charge is -2.10. The minimum absolute atomic E-state index is 0.0749. The van der Waals surface area contributed by atoms with Crippen LogP contribution in [0.15, 0.2) is 23.0 Å². The molecule has 19 heavy (non-hydrogen) atoms. The van der Waals surface area contributed by atoms with E-state index in [9.17, 15) is 18.0 Å². The number of rotatable bonds is 2. The van der Waals surface area contributed by atoms with Gasteiger partial charge in [-0.3, -0.25) is 9.36 Å². The highest BCUT2D eigenvalue weighted by Gasteiger charge is 2.30. The topological polar surface area (TPSA) is 60.9 Å². The summed E-state index contributed by atoms with van der Waals surface area (Å²) < 4.78 is 38.8. The number of fused-ring (bicyclic) bond motifs is 1. The van der Waals surface area contributed by atoms with Crippen molar-refractivity contribution in [2.45, 2.75) is 12.7 Å². The molecule has 0 amide bonds. The van der Waals surface area contributed by atoms with E-state index in [1.54, 1.807) is 0 Å². The van der Waals surface area contributed by atoms with E-state index in [2.05, 4.69) is 4.98 Å². The van der Waals surface area contributed by atoms with Crippen LogP contribution in [0, 0.1) is 0 Å². The normalized spacial score (nSPS) is 12.1. The molecule has 0 saturated carbocycles. The molecular formula is C11H9ClF3N3O. The van der Waals surface area contributed by atoms with Gasteiger partial charge in [-0.05, 0) is 29.8 Å². The lowest BCUT2D eigenvalue weighted by molar-refractivity contribution is -0.137. The summed E-state index contributed by atoms with van der Waals surface area (Å²) in [4.78, 5) is 15.8. The minimum Gasteiger partial charge on any atom is -0.329 e. The number of halogens is 4. The molecule has 0 fully saturated rings. The van der Waals surface area contributed by atoms with Gasteiger partial charge in [0.1, 0.15) is 0 Å². The second-order valence-electron chi connectivity index (χ2n) is 3.86. The van der Waals surface area contributed by atoms with Crippen molar-refractivity contribution in [3.8, 4) is 0 Å². The summed E-state index contributed by atoms with van der Waals surface area (Å²) >= 11 is 5.77. The smallest absolute Gasteiger partial charge is 0.329 e. The molecule has 0 spiro atoms. The van der Waals surface area contributed by atoms with Crippen LogP contribution < -0.4 is 11.3 Å². The van der Waals surface area contributed by atoms with E-state index < -0.39 is 17.3 Å². The molecule has 0 radical (unpaired) electrons. The van der Waals surface area contributed by atoms with Crippen molar-refractivity contribution in [1.29, 1.82) is 0 Å². The number of hydrogen-bond acceptors (Lipinski definition) is 3. The quantitative estimate of drug-likeness (QED) is 0.861. The Bertz CT molecular complexity index is 681. The van der Waals surface area contributed by atoms with E-state index in [1.165, 1.54) is 0 Å². The molecule has 0 bridgehead atoms. The van der Waals surface area contributed by atoms with Crippen molar-refractivity contribution in [3.05, 3.63) is 39.4 Å². The first-order chi connectivity index (χ1) is 8.84. The standard InChI is InChI=1S/C11H9ClF3N3O/c12-10-17-8-5-6(11(13,14)15)1-2-7(8)9(19)18(10)4-3-16/h1-2,5H,3-4,16H2. The van der Waals surface area contributed by atoms with Crippen LogP contribution in [0.3, 0.4) is 0 Å². The maximum atomic E-state index is 12.6. The highest BCUT2D eigenvalue weighted by Crippen LogP contribution is 2.30. The zero-order chi connectivity index (χ0) is 14.2. The van der Waals surface area contributed by atoms with Crippen molar-refractivity contribution in [2.24, 2.45) is 5.73 Å². The fourth-order valence-electron chi connectivity index (χ4n) is 1.69. The molecule has 0 aliphatic rings. The van der Waals surface area contributed by atoms with Gasteiger partial charge in [0.2, 0.25) is 5.28 Å². The Morgan fingerprint density at radius 3 is 2.63 bits per heavy atom. The van der Waals surface area contributed by atoms with Gasteiger partial charge in [0.25, 0.3) is 5.56 Å². The van der Waals surface area contributed by atoms with E-state index >= 15 is 0 Å². The molecule has 1 aromatic carbocycles. The minimum atomic E-state index is -4.49. The molecule has 0 saturated heterocycles. The summed E-state index contributed by atoms with van der Waals surface area (Å²) in [5.41, 5.74) is 3.86. The van der Waals surface area contributed by atoms with Crippen LogP contribution >= 0.6 is 11.6 Å². The van der Waals surface area contributed by atoms with Crippen molar-refractivity contribution in [1.82, 2.24) is 9.55 Å². The Kier molecular flexibility index (Phi) is 3.51. The Labute approximate surface area is 110 Å². The molecule has 1 heterocycles. The first-order valence-corrected chi connectivity index (χ1v) is 5.69. The molecule has 0 aliphatic heterocycles. The van der Waals surface area contributed by atoms with E-state index in [0.29, 0.717) is 0 Å². The van der Waals surface area contributed by atoms with Crippen LogP contribution in [0.2, 0.25) is 5.28 Å². The monoisotopic (exact) mass is 291 g/mol. The third-order valence-corrected chi connectivity index (χ3v) is 2.88. The molecule has 2 rings (SSSR count). The molecular weight excluding hydrogens is 283 g/mol. The zero-order valence-electron chi connectivity index (χ0n) is 9.54. The van der Waals surface area contributed by atoms with Gasteiger partial charge in [-0.1, -0.05) is 0 Å². The van der Waals surface area contributed by atoms with Crippen molar-refractivity contribution >= 4 is 22.5 Å². The maximum absolute atomic E-state index is 12.6. The van der Waals surface area contributed by atoms with Crippen molar-refractivity contribution in [3.63, 3.8) is 0 Å². The molecule has 4 nitrogen and oxygen atoms in total. The van der Waals surface area contributed by atoms with Crippen LogP contribution in [0.1, 0.15) is 5.56 Å². The summed E-state index contributed by atoms with van der Waals surface area (Å²) in [6.45, 7) is 0.328. The third-order valence-electron chi connectivity index (χ3n) is 2.59. The number of hydrogen-bond donors (Lipinski definition) is 1. The third kappa shape index (κ3) is 2.57. The molecule has 1 aromatic heterocycles. The summed E-state index contributed by atoms with van der Waals surface area (Å²) in [6.07, 6.45) is -4.49. The van der Waals surface area contributed by atoms with E-state index in [-0.39, 0.29) is 29.3 Å². The number of benzene rings is 1. The first kappa shape index (κ1) is 13.8. The van der Waals surface area contributed by atoms with Gasteiger partial charge in [-0.2, -0.15) is 13.2 Å². The van der Waals surface area contributed by atoms with E-state index in [0.717, 1.165) is 22.8 Å². The van der Waals surface area contributed by atoms with Gasteiger partial charge in [0.15, 0.2) is 0 Å². The summed E-state index contributed by atoms with van der Waals surface area (Å²) in [6, 6.07) is 2.73. The highest BCUT2D eigenvalue weighted by molar-refractivity contribution is 6.28. The van der Waals surface area contributed by atoms with Crippen molar-refractivity contribution in [2.75, 3.05) is 6.54 Å². The maximum Gasteiger partial charge on any atom is 0.416 e. The molecule has 8 heteroatoms. The van der Waals surface area contributed by atoms with Crippen LogP contribution in [-0.2, 0) is 12.7 Å². The van der Waals surface area contributed by atoms with Gasteiger partial charge in [0, 0.05) is 13.1 Å². The number of aromatic nitrogens is 2. The van der Waals surface area contributed by atoms with Crippen LogP contribution in [0.4, 0.5) is 13.2 Å². The van der Waals surface area contributed by atoms with Crippen molar-refractivity contribution < 1.29 is 13.2 Å². The second kappa shape index (κ2) is 4.82.